The lowest BCUT2D eigenvalue weighted by Gasteiger charge is -1.93. The Kier molecular flexibility index (Phi) is 3.90. The molecule has 0 aromatic rings. The first-order valence-corrected chi connectivity index (χ1v) is 2.97. The molecule has 12 heavy (non-hydrogen) atoms. The van der Waals surface area contributed by atoms with Gasteiger partial charge in [0.2, 0.25) is 0 Å². The van der Waals surface area contributed by atoms with Crippen molar-refractivity contribution in [2.75, 3.05) is 0 Å². The van der Waals surface area contributed by atoms with E-state index < -0.39 is 4.92 Å². The van der Waals surface area contributed by atoms with E-state index in [4.69, 9.17) is 5.53 Å². The Morgan fingerprint density at radius 2 is 2.25 bits per heavy atom. The highest BCUT2D eigenvalue weighted by atomic mass is 35.5. The van der Waals surface area contributed by atoms with Crippen LogP contribution in [-0.4, -0.2) is 15.4 Å². The van der Waals surface area contributed by atoms with E-state index in [0.717, 1.165) is 0 Å². The van der Waals surface area contributed by atoms with Gasteiger partial charge in [0.1, 0.15) is 0 Å². The second-order valence-electron chi connectivity index (χ2n) is 2.01. The SMILES string of the molecule is Cl.[N-]=[N+]=C1C=CC([N+](=O)[O-])=CC1. The molecule has 0 aliphatic heterocycles. The molecule has 0 spiro atoms. The molecule has 0 aromatic carbocycles. The van der Waals surface area contributed by atoms with E-state index in [9.17, 15) is 10.1 Å². The summed E-state index contributed by atoms with van der Waals surface area (Å²) in [5, 5.41) is 10.1. The molecule has 0 bridgehead atoms. The number of halogens is 1. The summed E-state index contributed by atoms with van der Waals surface area (Å²) < 4.78 is 0. The zero-order valence-electron chi connectivity index (χ0n) is 6.01. The predicted molar refractivity (Wildman–Crippen MR) is 44.7 cm³/mol. The van der Waals surface area contributed by atoms with E-state index in [2.05, 4.69) is 4.79 Å². The van der Waals surface area contributed by atoms with Crippen LogP contribution in [0.25, 0.3) is 5.53 Å². The number of allylic oxidation sites excluding steroid dienone is 3. The first-order chi connectivity index (χ1) is 5.24. The van der Waals surface area contributed by atoms with Gasteiger partial charge in [-0.2, -0.15) is 4.79 Å². The lowest BCUT2D eigenvalue weighted by molar-refractivity contribution is -0.419. The molecular formula is C6H6ClN3O2. The molecule has 0 N–H and O–H groups in total. The second kappa shape index (κ2) is 4.43. The Bertz CT molecular complexity index is 302. The minimum Gasteiger partial charge on any atom is -0.361 e. The van der Waals surface area contributed by atoms with Gasteiger partial charge in [0, 0.05) is 18.2 Å². The molecule has 0 heterocycles. The summed E-state index contributed by atoms with van der Waals surface area (Å²) in [5.74, 6) is 0. The summed E-state index contributed by atoms with van der Waals surface area (Å²) in [7, 11) is 0. The number of hydrogen-bond donors (Lipinski definition) is 0. The van der Waals surface area contributed by atoms with Crippen LogP contribution in [0.15, 0.2) is 23.9 Å². The van der Waals surface area contributed by atoms with Gasteiger partial charge in [-0.3, -0.25) is 10.1 Å². The fourth-order valence-corrected chi connectivity index (χ4v) is 0.736. The van der Waals surface area contributed by atoms with Crippen molar-refractivity contribution in [1.29, 1.82) is 0 Å². The van der Waals surface area contributed by atoms with Crippen molar-refractivity contribution in [2.24, 2.45) is 0 Å². The third kappa shape index (κ3) is 2.30. The molecular weight excluding hydrogens is 182 g/mol. The number of hydrogen-bond acceptors (Lipinski definition) is 2. The lowest BCUT2D eigenvalue weighted by Crippen LogP contribution is -2.04. The van der Waals surface area contributed by atoms with E-state index in [0.29, 0.717) is 12.1 Å². The number of rotatable bonds is 1. The second-order valence-corrected chi connectivity index (χ2v) is 2.01. The summed E-state index contributed by atoms with van der Waals surface area (Å²) in [6.07, 6.45) is 4.43. The standard InChI is InChI=1S/C6H5N3O2.ClH/c7-8-5-1-3-6(4-2-5)9(10)11;/h1,3-4H,2H2;1H. The van der Waals surface area contributed by atoms with Crippen LogP contribution in [0.2, 0.25) is 0 Å². The highest BCUT2D eigenvalue weighted by Crippen LogP contribution is 2.06. The summed E-state index contributed by atoms with van der Waals surface area (Å²) in [5.41, 5.74) is 8.72. The topological polar surface area (TPSA) is 79.5 Å². The quantitative estimate of drug-likeness (QED) is 0.268. The van der Waals surface area contributed by atoms with Gasteiger partial charge >= 0.3 is 0 Å². The van der Waals surface area contributed by atoms with Crippen molar-refractivity contribution in [1.82, 2.24) is 0 Å². The van der Waals surface area contributed by atoms with E-state index in [-0.39, 0.29) is 18.1 Å². The minimum absolute atomic E-state index is 0. The Morgan fingerprint density at radius 3 is 2.58 bits per heavy atom. The zero-order valence-corrected chi connectivity index (χ0v) is 6.82. The molecule has 0 aromatic heterocycles. The third-order valence-corrected chi connectivity index (χ3v) is 1.31. The summed E-state index contributed by atoms with van der Waals surface area (Å²) in [6, 6.07) is 0. The smallest absolute Gasteiger partial charge is 0.296 e. The van der Waals surface area contributed by atoms with Crippen LogP contribution in [0.1, 0.15) is 6.42 Å². The van der Waals surface area contributed by atoms with Gasteiger partial charge in [0.05, 0.1) is 11.3 Å². The molecule has 5 nitrogen and oxygen atoms in total. The maximum Gasteiger partial charge on any atom is 0.296 e. The predicted octanol–water partition coefficient (Wildman–Crippen LogP) is 1.20. The van der Waals surface area contributed by atoms with E-state index in [1.165, 1.54) is 18.2 Å². The van der Waals surface area contributed by atoms with E-state index in [1.807, 2.05) is 0 Å². The molecule has 1 rings (SSSR count). The highest BCUT2D eigenvalue weighted by molar-refractivity contribution is 5.92. The van der Waals surface area contributed by atoms with Gasteiger partial charge in [0.25, 0.3) is 11.4 Å². The number of nitro groups is 1. The monoisotopic (exact) mass is 187 g/mol. The van der Waals surface area contributed by atoms with E-state index >= 15 is 0 Å². The van der Waals surface area contributed by atoms with Crippen molar-refractivity contribution in [2.45, 2.75) is 6.42 Å². The Labute approximate surface area is 74.6 Å². The van der Waals surface area contributed by atoms with Crippen molar-refractivity contribution in [3.8, 4) is 0 Å². The fraction of sp³-hybridized carbons (Fsp3) is 0.167. The van der Waals surface area contributed by atoms with Crippen LogP contribution < -0.4 is 0 Å². The largest absolute Gasteiger partial charge is 0.361 e. The third-order valence-electron chi connectivity index (χ3n) is 1.31. The number of nitrogens with zero attached hydrogens (tertiary/aromatic N) is 3. The Morgan fingerprint density at radius 1 is 1.58 bits per heavy atom. The molecule has 0 saturated heterocycles. The van der Waals surface area contributed by atoms with E-state index in [1.54, 1.807) is 0 Å². The van der Waals surface area contributed by atoms with Crippen LogP contribution in [0, 0.1) is 10.1 Å². The maximum absolute atomic E-state index is 10.1. The van der Waals surface area contributed by atoms with Crippen molar-refractivity contribution < 1.29 is 9.71 Å². The van der Waals surface area contributed by atoms with Crippen LogP contribution in [0.4, 0.5) is 0 Å². The maximum atomic E-state index is 10.1. The first-order valence-electron chi connectivity index (χ1n) is 2.97. The molecule has 6 heteroatoms. The summed E-state index contributed by atoms with van der Waals surface area (Å²) in [4.78, 5) is 12.6. The normalized spacial score (nSPS) is 14.3. The van der Waals surface area contributed by atoms with Crippen LogP contribution in [-0.2, 0) is 0 Å². The van der Waals surface area contributed by atoms with Crippen LogP contribution >= 0.6 is 12.4 Å². The van der Waals surface area contributed by atoms with Gasteiger partial charge in [0.15, 0.2) is 0 Å². The van der Waals surface area contributed by atoms with Gasteiger partial charge in [-0.25, -0.2) is 0 Å². The Hall–Kier alpha value is -1.45. The highest BCUT2D eigenvalue weighted by Gasteiger charge is 2.14. The fourth-order valence-electron chi connectivity index (χ4n) is 0.736. The molecule has 0 unspecified atom stereocenters. The average Bonchev–Trinajstić information content (AvgIpc) is 2.05. The molecule has 0 radical (unpaired) electrons. The molecule has 64 valence electrons. The molecule has 1 aliphatic carbocycles. The van der Waals surface area contributed by atoms with Crippen LogP contribution in [0.3, 0.4) is 0 Å². The lowest BCUT2D eigenvalue weighted by atomic mass is 10.1. The molecule has 0 saturated carbocycles. The average molecular weight is 188 g/mol. The van der Waals surface area contributed by atoms with Gasteiger partial charge < -0.3 is 5.53 Å². The summed E-state index contributed by atoms with van der Waals surface area (Å²) >= 11 is 0. The molecule has 1 aliphatic rings. The van der Waals surface area contributed by atoms with Crippen molar-refractivity contribution in [3.05, 3.63) is 39.6 Å². The molecule has 0 fully saturated rings. The van der Waals surface area contributed by atoms with Crippen molar-refractivity contribution >= 4 is 18.1 Å². The van der Waals surface area contributed by atoms with Gasteiger partial charge in [-0.1, -0.05) is 0 Å². The molecule has 0 amide bonds. The Balaban J connectivity index is 0.00000121. The van der Waals surface area contributed by atoms with Gasteiger partial charge in [-0.15, -0.1) is 12.4 Å². The van der Waals surface area contributed by atoms with Crippen molar-refractivity contribution in [3.63, 3.8) is 0 Å². The zero-order chi connectivity index (χ0) is 8.27. The minimum atomic E-state index is -0.481. The summed E-state index contributed by atoms with van der Waals surface area (Å²) in [6.45, 7) is 0. The first kappa shape index (κ1) is 10.6. The molecule has 0 atom stereocenters. The van der Waals surface area contributed by atoms with Crippen LogP contribution in [0.5, 0.6) is 0 Å². The van der Waals surface area contributed by atoms with Gasteiger partial charge in [-0.05, 0) is 0 Å².